The Balaban J connectivity index is 0.000000253. The van der Waals surface area contributed by atoms with Crippen LogP contribution in [0.5, 0.6) is 0 Å². The number of hydrogen-bond acceptors (Lipinski definition) is 18. The fourth-order valence-corrected chi connectivity index (χ4v) is 9.27. The van der Waals surface area contributed by atoms with Crippen LogP contribution in [0.4, 0.5) is 0 Å². The standard InChI is InChI=1S/C30H30O10S.C29H28O7S/c1-19-5-11-22(12-6-19)28(32)37-18-26(40-41(4,35)36)27(39-30(34)24-15-9-21(3)10-16-24)25(17-31)38-29(33)23-13-7-20(2)8-14-23;1-17-4-10-20(11-5-17)26(30)34-16-23-24(35-27(31)21-12-6-18(2)7-13-21)25(29(33)37-23)36-28(32)22-14-8-19(3)9-15-22/h5-17,25-27H,18H2,1-4H3;4-15,23-25,29,33H,16H2,1-3H3/t25-,26-,27+;23-,24+,25-,29?/m10/s1. The number of aldehydes is 1. The minimum absolute atomic E-state index is 0.0739. The van der Waals surface area contributed by atoms with Crippen molar-refractivity contribution in [1.82, 2.24) is 0 Å². The second-order valence-electron chi connectivity index (χ2n) is 18.4. The third-order valence-corrected chi connectivity index (χ3v) is 13.8. The summed E-state index contributed by atoms with van der Waals surface area (Å²) in [5.41, 5.74) is 5.74. The first-order valence-electron chi connectivity index (χ1n) is 24.3. The van der Waals surface area contributed by atoms with Crippen molar-refractivity contribution in [3.05, 3.63) is 212 Å². The molecule has 7 atom stereocenters. The van der Waals surface area contributed by atoms with Crippen molar-refractivity contribution in [2.24, 2.45) is 0 Å². The number of aliphatic hydroxyl groups excluding tert-OH is 1. The van der Waals surface area contributed by atoms with Crippen LogP contribution in [0.25, 0.3) is 0 Å². The number of rotatable bonds is 19. The predicted octanol–water partition coefficient (Wildman–Crippen LogP) is 8.42. The monoisotopic (exact) mass is 1100 g/mol. The normalized spacial score (nSPS) is 16.9. The van der Waals surface area contributed by atoms with Crippen molar-refractivity contribution in [2.75, 3.05) is 19.5 Å². The van der Waals surface area contributed by atoms with Gasteiger partial charge in [0.15, 0.2) is 36.8 Å². The molecule has 1 fully saturated rings. The third-order valence-electron chi connectivity index (χ3n) is 11.9. The molecule has 408 valence electrons. The molecule has 0 aliphatic carbocycles. The average Bonchev–Trinajstić information content (AvgIpc) is 3.72. The van der Waals surface area contributed by atoms with E-state index in [-0.39, 0.29) is 29.6 Å². The van der Waals surface area contributed by atoms with Crippen LogP contribution in [0.2, 0.25) is 0 Å². The molecule has 1 N–H and O–H groups in total. The molecule has 7 rings (SSSR count). The topological polar surface area (TPSA) is 238 Å². The lowest BCUT2D eigenvalue weighted by Crippen LogP contribution is -2.48. The molecule has 6 aromatic carbocycles. The second kappa shape index (κ2) is 27.4. The van der Waals surface area contributed by atoms with Gasteiger partial charge in [-0.05, 0) is 114 Å². The van der Waals surface area contributed by atoms with Gasteiger partial charge in [0.25, 0.3) is 10.1 Å². The van der Waals surface area contributed by atoms with E-state index in [1.165, 1.54) is 36.4 Å². The Labute approximate surface area is 456 Å². The number of aryl methyl sites for hydroxylation is 6. The van der Waals surface area contributed by atoms with Crippen LogP contribution in [0, 0.1) is 41.5 Å². The molecule has 1 aliphatic heterocycles. The van der Waals surface area contributed by atoms with Gasteiger partial charge >= 0.3 is 35.8 Å². The maximum absolute atomic E-state index is 13.1. The van der Waals surface area contributed by atoms with Gasteiger partial charge in [-0.15, -0.1) is 11.8 Å². The molecule has 0 bridgehead atoms. The zero-order chi connectivity index (χ0) is 56.7. The van der Waals surface area contributed by atoms with E-state index in [4.69, 9.17) is 32.6 Å². The van der Waals surface area contributed by atoms with Crippen molar-refractivity contribution in [3.8, 4) is 0 Å². The average molecular weight is 1100 g/mol. The molecule has 0 saturated carbocycles. The van der Waals surface area contributed by atoms with Crippen LogP contribution in [-0.2, 0) is 47.5 Å². The predicted molar refractivity (Wildman–Crippen MR) is 288 cm³/mol. The fraction of sp³-hybridized carbons (Fsp3) is 0.271. The first-order chi connectivity index (χ1) is 37.1. The Hall–Kier alpha value is -7.97. The van der Waals surface area contributed by atoms with Crippen LogP contribution in [-0.4, -0.2) is 116 Å². The summed E-state index contributed by atoms with van der Waals surface area (Å²) in [5.74, 6) is -4.55. The van der Waals surface area contributed by atoms with Crippen molar-refractivity contribution < 1.29 is 79.7 Å². The SMILES string of the molecule is Cc1ccc(C(=O)OC[C@@H](OS(C)(=O)=O)[C@@H](OC(=O)c2ccc(C)cc2)[C@@H](C=O)OC(=O)c2ccc(C)cc2)cc1.Cc1ccc(C(=O)OC[C@@H]2SC(O)[C@@H](OC(=O)c3ccc(C)cc3)[C@@H]2OC(=O)c2ccc(C)cc2)cc1. The van der Waals surface area contributed by atoms with Crippen LogP contribution >= 0.6 is 11.8 Å². The highest BCUT2D eigenvalue weighted by Gasteiger charge is 2.49. The summed E-state index contributed by atoms with van der Waals surface area (Å²) in [5, 5.41) is 10.1. The van der Waals surface area contributed by atoms with Gasteiger partial charge in [-0.1, -0.05) is 106 Å². The molecular weight excluding hydrogens is 1040 g/mol. The van der Waals surface area contributed by atoms with Gasteiger partial charge in [-0.3, -0.25) is 8.98 Å². The summed E-state index contributed by atoms with van der Waals surface area (Å²) in [6.45, 7) is 10.2. The molecule has 1 saturated heterocycles. The first-order valence-corrected chi connectivity index (χ1v) is 27.1. The van der Waals surface area contributed by atoms with Gasteiger partial charge in [0, 0.05) is 0 Å². The number of benzene rings is 6. The molecule has 0 spiro atoms. The molecule has 78 heavy (non-hydrogen) atoms. The largest absolute Gasteiger partial charge is 0.461 e. The van der Waals surface area contributed by atoms with Crippen LogP contribution < -0.4 is 0 Å². The van der Waals surface area contributed by atoms with Gasteiger partial charge in [-0.25, -0.2) is 28.8 Å². The number of carbonyl (C=O) groups excluding carboxylic acids is 7. The molecule has 1 unspecified atom stereocenters. The second-order valence-corrected chi connectivity index (χ2v) is 21.4. The zero-order valence-corrected chi connectivity index (χ0v) is 45.3. The number of ether oxygens (including phenoxy) is 6. The van der Waals surface area contributed by atoms with E-state index in [9.17, 15) is 47.1 Å². The van der Waals surface area contributed by atoms with Gasteiger partial charge < -0.3 is 33.5 Å². The van der Waals surface area contributed by atoms with Crippen molar-refractivity contribution in [3.63, 3.8) is 0 Å². The summed E-state index contributed by atoms with van der Waals surface area (Å²) >= 11 is 1.02. The summed E-state index contributed by atoms with van der Waals surface area (Å²) in [7, 11) is -4.26. The number of carbonyl (C=O) groups is 7. The van der Waals surface area contributed by atoms with E-state index in [1.54, 1.807) is 109 Å². The summed E-state index contributed by atoms with van der Waals surface area (Å²) < 4.78 is 62.5. The van der Waals surface area contributed by atoms with E-state index in [1.807, 2.05) is 41.5 Å². The third kappa shape index (κ3) is 17.3. The summed E-state index contributed by atoms with van der Waals surface area (Å²) in [4.78, 5) is 89.1. The lowest BCUT2D eigenvalue weighted by Gasteiger charge is -2.29. The lowest BCUT2D eigenvalue weighted by atomic mass is 10.1. The first kappa shape index (κ1) is 59.3. The molecule has 6 aromatic rings. The molecule has 1 aliphatic rings. The minimum atomic E-state index is -4.26. The fourth-order valence-electron chi connectivity index (χ4n) is 7.43. The molecule has 17 nitrogen and oxygen atoms in total. The minimum Gasteiger partial charge on any atom is -0.461 e. The highest BCUT2D eigenvalue weighted by molar-refractivity contribution is 8.00. The van der Waals surface area contributed by atoms with Gasteiger partial charge in [0.05, 0.1) is 44.9 Å². The van der Waals surface area contributed by atoms with Gasteiger partial charge in [0.1, 0.15) is 18.6 Å². The maximum atomic E-state index is 13.1. The van der Waals surface area contributed by atoms with E-state index >= 15 is 0 Å². The van der Waals surface area contributed by atoms with Crippen LogP contribution in [0.15, 0.2) is 146 Å². The highest BCUT2D eigenvalue weighted by Crippen LogP contribution is 2.38. The van der Waals surface area contributed by atoms with Crippen LogP contribution in [0.3, 0.4) is 0 Å². The number of hydrogen-bond donors (Lipinski definition) is 1. The van der Waals surface area contributed by atoms with E-state index < -0.39 is 93.7 Å². The molecule has 0 amide bonds. The molecule has 0 aromatic heterocycles. The van der Waals surface area contributed by atoms with E-state index in [2.05, 4.69) is 0 Å². The number of esters is 6. The molecular formula is C59H58O17S2. The van der Waals surface area contributed by atoms with Gasteiger partial charge in [0.2, 0.25) is 0 Å². The molecule has 19 heteroatoms. The van der Waals surface area contributed by atoms with Crippen LogP contribution in [0.1, 0.15) is 95.5 Å². The lowest BCUT2D eigenvalue weighted by molar-refractivity contribution is -0.128. The van der Waals surface area contributed by atoms with E-state index in [0.29, 0.717) is 16.7 Å². The maximum Gasteiger partial charge on any atom is 0.338 e. The summed E-state index contributed by atoms with van der Waals surface area (Å²) in [6.07, 6.45) is -6.70. The molecule has 1 heterocycles. The van der Waals surface area contributed by atoms with Gasteiger partial charge in [-0.2, -0.15) is 8.42 Å². The van der Waals surface area contributed by atoms with Crippen molar-refractivity contribution in [1.29, 1.82) is 0 Å². The van der Waals surface area contributed by atoms with Crippen molar-refractivity contribution in [2.45, 2.75) is 82.7 Å². The quantitative estimate of drug-likeness (QED) is 0.0346. The Morgan fingerprint density at radius 3 is 1.17 bits per heavy atom. The van der Waals surface area contributed by atoms with Crippen molar-refractivity contribution >= 4 is 64.0 Å². The Bertz CT molecular complexity index is 3160. The Kier molecular flexibility index (Phi) is 20.8. The smallest absolute Gasteiger partial charge is 0.338 e. The summed E-state index contributed by atoms with van der Waals surface area (Å²) in [6, 6.07) is 39.4. The number of thioether (sulfide) groups is 1. The number of aliphatic hydroxyl groups is 1. The van der Waals surface area contributed by atoms with E-state index in [0.717, 1.165) is 51.4 Å². The molecule has 0 radical (unpaired) electrons. The Morgan fingerprint density at radius 1 is 0.487 bits per heavy atom. The Morgan fingerprint density at radius 2 is 0.808 bits per heavy atom. The highest BCUT2D eigenvalue weighted by atomic mass is 32.2. The zero-order valence-electron chi connectivity index (χ0n) is 43.7.